The van der Waals surface area contributed by atoms with Gasteiger partial charge in [0.25, 0.3) is 0 Å². The van der Waals surface area contributed by atoms with Gasteiger partial charge in [-0.1, -0.05) is 0 Å². The van der Waals surface area contributed by atoms with Crippen LogP contribution in [0.5, 0.6) is 0 Å². The second-order valence-corrected chi connectivity index (χ2v) is 3.78. The van der Waals surface area contributed by atoms with Crippen molar-refractivity contribution in [2.24, 2.45) is 0 Å². The molecular weight excluding hydrogens is 265 g/mol. The Bertz CT molecular complexity index is 556. The first-order valence-corrected chi connectivity index (χ1v) is 4.87. The Hall–Kier alpha value is -1.49. The summed E-state index contributed by atoms with van der Waals surface area (Å²) in [7, 11) is 0. The van der Waals surface area contributed by atoms with E-state index in [0.717, 1.165) is 0 Å². The van der Waals surface area contributed by atoms with Crippen LogP contribution in [0.25, 0.3) is 10.9 Å². The standard InChI is InChI=1S/C10H5BrFNO2/c11-6-2-4-7-5(9(6)12)1-3-8(13-7)10(14)15/h1-4H,(H,14,15). The van der Waals surface area contributed by atoms with Gasteiger partial charge in [0.15, 0.2) is 0 Å². The van der Waals surface area contributed by atoms with E-state index in [1.54, 1.807) is 6.07 Å². The molecule has 0 saturated heterocycles. The van der Waals surface area contributed by atoms with Gasteiger partial charge in [-0.3, -0.25) is 0 Å². The fourth-order valence-corrected chi connectivity index (χ4v) is 1.61. The van der Waals surface area contributed by atoms with Gasteiger partial charge in [-0.25, -0.2) is 14.2 Å². The summed E-state index contributed by atoms with van der Waals surface area (Å²) >= 11 is 3.04. The first-order valence-electron chi connectivity index (χ1n) is 4.07. The van der Waals surface area contributed by atoms with Gasteiger partial charge >= 0.3 is 5.97 Å². The summed E-state index contributed by atoms with van der Waals surface area (Å²) in [5.74, 6) is -1.56. The van der Waals surface area contributed by atoms with Gasteiger partial charge in [0, 0.05) is 5.39 Å². The zero-order valence-corrected chi connectivity index (χ0v) is 8.95. The van der Waals surface area contributed by atoms with Crippen LogP contribution in [0.4, 0.5) is 4.39 Å². The van der Waals surface area contributed by atoms with Crippen molar-refractivity contribution >= 4 is 32.8 Å². The van der Waals surface area contributed by atoms with Crippen molar-refractivity contribution in [2.75, 3.05) is 0 Å². The molecule has 0 aliphatic rings. The number of pyridine rings is 1. The minimum Gasteiger partial charge on any atom is -0.477 e. The molecule has 0 fully saturated rings. The van der Waals surface area contributed by atoms with Gasteiger partial charge in [0.1, 0.15) is 11.5 Å². The lowest BCUT2D eigenvalue weighted by atomic mass is 10.2. The minimum atomic E-state index is -1.12. The summed E-state index contributed by atoms with van der Waals surface area (Å²) in [5, 5.41) is 9.00. The SMILES string of the molecule is O=C(O)c1ccc2c(F)c(Br)ccc2n1. The Morgan fingerprint density at radius 1 is 1.33 bits per heavy atom. The quantitative estimate of drug-likeness (QED) is 0.866. The molecule has 0 atom stereocenters. The zero-order valence-electron chi connectivity index (χ0n) is 7.37. The van der Waals surface area contributed by atoms with Crippen LogP contribution in [0.15, 0.2) is 28.7 Å². The predicted molar refractivity (Wildman–Crippen MR) is 56.4 cm³/mol. The van der Waals surface area contributed by atoms with Crippen LogP contribution in [0.1, 0.15) is 10.5 Å². The molecule has 1 aromatic carbocycles. The molecule has 0 saturated carbocycles. The van der Waals surface area contributed by atoms with Crippen molar-refractivity contribution in [1.82, 2.24) is 4.98 Å². The van der Waals surface area contributed by atoms with Crippen molar-refractivity contribution in [2.45, 2.75) is 0 Å². The number of hydrogen-bond acceptors (Lipinski definition) is 2. The largest absolute Gasteiger partial charge is 0.477 e. The molecule has 5 heteroatoms. The average Bonchev–Trinajstić information content (AvgIpc) is 2.23. The van der Waals surface area contributed by atoms with E-state index in [1.165, 1.54) is 18.2 Å². The number of hydrogen-bond donors (Lipinski definition) is 1. The number of rotatable bonds is 1. The summed E-state index contributed by atoms with van der Waals surface area (Å²) in [6.07, 6.45) is 0. The number of aromatic carboxylic acids is 1. The number of halogens is 2. The van der Waals surface area contributed by atoms with Crippen molar-refractivity contribution in [3.8, 4) is 0 Å². The number of benzene rings is 1. The number of carboxylic acids is 1. The first-order chi connectivity index (χ1) is 7.09. The Labute approximate surface area is 92.7 Å². The molecule has 0 unspecified atom stereocenters. The predicted octanol–water partition coefficient (Wildman–Crippen LogP) is 2.83. The molecule has 2 aromatic rings. The highest BCUT2D eigenvalue weighted by Gasteiger charge is 2.09. The first kappa shape index (κ1) is 10.0. The Kier molecular flexibility index (Phi) is 2.40. The molecule has 15 heavy (non-hydrogen) atoms. The minimum absolute atomic E-state index is 0.0933. The summed E-state index contributed by atoms with van der Waals surface area (Å²) in [5.41, 5.74) is 0.236. The van der Waals surface area contributed by atoms with Gasteiger partial charge in [-0.15, -0.1) is 0 Å². The van der Waals surface area contributed by atoms with Crippen molar-refractivity contribution in [1.29, 1.82) is 0 Å². The lowest BCUT2D eigenvalue weighted by Crippen LogP contribution is -2.00. The van der Waals surface area contributed by atoms with E-state index < -0.39 is 11.8 Å². The van der Waals surface area contributed by atoms with Crippen LogP contribution < -0.4 is 0 Å². The highest BCUT2D eigenvalue weighted by atomic mass is 79.9. The molecule has 0 aliphatic heterocycles. The molecule has 0 bridgehead atoms. The molecule has 0 radical (unpaired) electrons. The molecule has 76 valence electrons. The second-order valence-electron chi connectivity index (χ2n) is 2.93. The third-order valence-electron chi connectivity index (χ3n) is 1.98. The van der Waals surface area contributed by atoms with E-state index >= 15 is 0 Å². The van der Waals surface area contributed by atoms with E-state index in [-0.39, 0.29) is 5.69 Å². The molecule has 0 amide bonds. The number of carboxylic acid groups (broad SMARTS) is 1. The molecule has 2 rings (SSSR count). The van der Waals surface area contributed by atoms with Gasteiger partial charge in [-0.05, 0) is 40.2 Å². The summed E-state index contributed by atoms with van der Waals surface area (Å²) in [6, 6.07) is 5.75. The Balaban J connectivity index is 2.75. The average molecular weight is 270 g/mol. The van der Waals surface area contributed by atoms with Gasteiger partial charge in [0.05, 0.1) is 9.99 Å². The lowest BCUT2D eigenvalue weighted by molar-refractivity contribution is 0.0691. The zero-order chi connectivity index (χ0) is 11.0. The van der Waals surface area contributed by atoms with Crippen molar-refractivity contribution in [3.05, 3.63) is 40.2 Å². The molecule has 0 aliphatic carbocycles. The van der Waals surface area contributed by atoms with Crippen LogP contribution in [0.3, 0.4) is 0 Å². The van der Waals surface area contributed by atoms with Gasteiger partial charge in [0.2, 0.25) is 0 Å². The molecule has 1 heterocycles. The maximum Gasteiger partial charge on any atom is 0.354 e. The molecule has 0 spiro atoms. The van der Waals surface area contributed by atoms with E-state index in [0.29, 0.717) is 15.4 Å². The number of aromatic nitrogens is 1. The third-order valence-corrected chi connectivity index (χ3v) is 2.59. The van der Waals surface area contributed by atoms with Crippen molar-refractivity contribution in [3.63, 3.8) is 0 Å². The number of fused-ring (bicyclic) bond motifs is 1. The molecule has 1 N–H and O–H groups in total. The lowest BCUT2D eigenvalue weighted by Gasteiger charge is -2.01. The Morgan fingerprint density at radius 3 is 2.73 bits per heavy atom. The number of nitrogens with zero attached hydrogens (tertiary/aromatic N) is 1. The monoisotopic (exact) mass is 269 g/mol. The normalized spacial score (nSPS) is 10.5. The Morgan fingerprint density at radius 2 is 2.07 bits per heavy atom. The highest BCUT2D eigenvalue weighted by molar-refractivity contribution is 9.10. The maximum atomic E-state index is 13.5. The molecular formula is C10H5BrFNO2. The topological polar surface area (TPSA) is 50.2 Å². The van der Waals surface area contributed by atoms with E-state index in [4.69, 9.17) is 5.11 Å². The van der Waals surface area contributed by atoms with E-state index in [9.17, 15) is 9.18 Å². The molecule has 3 nitrogen and oxygen atoms in total. The van der Waals surface area contributed by atoms with E-state index in [1.807, 2.05) is 0 Å². The fourth-order valence-electron chi connectivity index (χ4n) is 1.26. The summed E-state index contributed by atoms with van der Waals surface area (Å²) < 4.78 is 13.8. The molecule has 1 aromatic heterocycles. The van der Waals surface area contributed by atoms with Gasteiger partial charge < -0.3 is 5.11 Å². The van der Waals surface area contributed by atoms with Gasteiger partial charge in [-0.2, -0.15) is 0 Å². The van der Waals surface area contributed by atoms with Crippen molar-refractivity contribution < 1.29 is 14.3 Å². The smallest absolute Gasteiger partial charge is 0.354 e. The van der Waals surface area contributed by atoms with Crippen LogP contribution in [0, 0.1) is 5.82 Å². The second kappa shape index (κ2) is 3.58. The van der Waals surface area contributed by atoms with E-state index in [2.05, 4.69) is 20.9 Å². The highest BCUT2D eigenvalue weighted by Crippen LogP contribution is 2.23. The fraction of sp³-hybridized carbons (Fsp3) is 0. The maximum absolute atomic E-state index is 13.5. The van der Waals surface area contributed by atoms with Crippen LogP contribution in [0.2, 0.25) is 0 Å². The summed E-state index contributed by atoms with van der Waals surface area (Å²) in [4.78, 5) is 14.4. The van der Waals surface area contributed by atoms with Crippen LogP contribution in [-0.4, -0.2) is 16.1 Å². The number of carbonyl (C=O) groups is 1. The van der Waals surface area contributed by atoms with Crippen LogP contribution in [-0.2, 0) is 0 Å². The van der Waals surface area contributed by atoms with Crippen LogP contribution >= 0.6 is 15.9 Å². The summed E-state index contributed by atoms with van der Waals surface area (Å²) in [6.45, 7) is 0. The third kappa shape index (κ3) is 1.70.